The summed E-state index contributed by atoms with van der Waals surface area (Å²) in [6, 6.07) is 17.4. The lowest BCUT2D eigenvalue weighted by Gasteiger charge is -2.22. The van der Waals surface area contributed by atoms with E-state index in [0.717, 1.165) is 32.7 Å². The SMILES string of the molecule is COc1ncc(-c2cccc3cc([C@H](C)Nc4ncnc5scnc45)n(-c4ccccc4)c(=O)c23)cn1. The van der Waals surface area contributed by atoms with Crippen molar-refractivity contribution in [2.24, 2.45) is 0 Å². The maximum atomic E-state index is 14.2. The van der Waals surface area contributed by atoms with Crippen molar-refractivity contribution in [3.05, 3.63) is 94.9 Å². The second-order valence-corrected chi connectivity index (χ2v) is 9.20. The Morgan fingerprint density at radius 1 is 0.973 bits per heavy atom. The van der Waals surface area contributed by atoms with Crippen LogP contribution in [-0.2, 0) is 0 Å². The van der Waals surface area contributed by atoms with Crippen molar-refractivity contribution < 1.29 is 4.74 Å². The van der Waals surface area contributed by atoms with E-state index < -0.39 is 0 Å². The number of hydrogen-bond donors (Lipinski definition) is 1. The summed E-state index contributed by atoms with van der Waals surface area (Å²) in [4.78, 5) is 36.6. The zero-order valence-corrected chi connectivity index (χ0v) is 20.8. The van der Waals surface area contributed by atoms with E-state index in [4.69, 9.17) is 4.74 Å². The van der Waals surface area contributed by atoms with Gasteiger partial charge in [0.2, 0.25) is 0 Å². The molecule has 0 fully saturated rings. The molecule has 0 saturated heterocycles. The zero-order valence-electron chi connectivity index (χ0n) is 20.0. The molecule has 37 heavy (non-hydrogen) atoms. The Hall–Kier alpha value is -4.70. The Kier molecular flexibility index (Phi) is 5.78. The molecule has 6 rings (SSSR count). The first kappa shape index (κ1) is 22.7. The number of nitrogens with zero attached hydrogens (tertiary/aromatic N) is 6. The average Bonchev–Trinajstić information content (AvgIpc) is 3.43. The fourth-order valence-corrected chi connectivity index (χ4v) is 5.05. The molecule has 0 saturated carbocycles. The van der Waals surface area contributed by atoms with Gasteiger partial charge in [-0.15, -0.1) is 11.3 Å². The van der Waals surface area contributed by atoms with E-state index in [1.54, 1.807) is 22.5 Å². The molecule has 1 atom stereocenters. The zero-order chi connectivity index (χ0) is 25.4. The molecule has 4 heterocycles. The molecule has 1 N–H and O–H groups in total. The first-order valence-electron chi connectivity index (χ1n) is 11.6. The van der Waals surface area contributed by atoms with Crippen LogP contribution in [0, 0.1) is 0 Å². The number of nitrogens with one attached hydrogen (secondary N) is 1. The fourth-order valence-electron chi connectivity index (χ4n) is 4.42. The number of fused-ring (bicyclic) bond motifs is 2. The molecule has 0 amide bonds. The molecule has 6 aromatic rings. The van der Waals surface area contributed by atoms with Crippen molar-refractivity contribution in [3.63, 3.8) is 0 Å². The Labute approximate surface area is 215 Å². The summed E-state index contributed by atoms with van der Waals surface area (Å²) in [5.41, 5.74) is 5.34. The van der Waals surface area contributed by atoms with E-state index in [-0.39, 0.29) is 17.6 Å². The van der Waals surface area contributed by atoms with E-state index in [0.29, 0.717) is 16.7 Å². The third kappa shape index (κ3) is 4.07. The number of rotatable bonds is 6. The Morgan fingerprint density at radius 2 is 1.78 bits per heavy atom. The molecule has 182 valence electrons. The molecule has 4 aromatic heterocycles. The lowest BCUT2D eigenvalue weighted by Crippen LogP contribution is -2.26. The topological polar surface area (TPSA) is 108 Å². The fraction of sp³-hybridized carbons (Fsp3) is 0.111. The highest BCUT2D eigenvalue weighted by molar-refractivity contribution is 7.16. The van der Waals surface area contributed by atoms with Gasteiger partial charge >= 0.3 is 6.01 Å². The monoisotopic (exact) mass is 507 g/mol. The van der Waals surface area contributed by atoms with Gasteiger partial charge in [-0.2, -0.15) is 0 Å². The second-order valence-electron chi connectivity index (χ2n) is 8.37. The van der Waals surface area contributed by atoms with Crippen LogP contribution in [0.4, 0.5) is 5.82 Å². The van der Waals surface area contributed by atoms with Crippen LogP contribution >= 0.6 is 11.3 Å². The summed E-state index contributed by atoms with van der Waals surface area (Å²) in [7, 11) is 1.52. The Morgan fingerprint density at radius 3 is 2.57 bits per heavy atom. The van der Waals surface area contributed by atoms with Crippen molar-refractivity contribution in [2.75, 3.05) is 12.4 Å². The maximum absolute atomic E-state index is 14.2. The number of aromatic nitrogens is 6. The molecular formula is C27H21N7O2S. The summed E-state index contributed by atoms with van der Waals surface area (Å²) in [5, 5.41) is 4.85. The van der Waals surface area contributed by atoms with Crippen LogP contribution in [0.25, 0.3) is 37.9 Å². The number of methoxy groups -OCH3 is 1. The number of thiazole rings is 1. The van der Waals surface area contributed by atoms with E-state index in [2.05, 4.69) is 30.2 Å². The van der Waals surface area contributed by atoms with Gasteiger partial charge in [-0.25, -0.2) is 24.9 Å². The predicted molar refractivity (Wildman–Crippen MR) is 144 cm³/mol. The van der Waals surface area contributed by atoms with Gasteiger partial charge < -0.3 is 10.1 Å². The molecule has 0 aliphatic rings. The first-order valence-corrected chi connectivity index (χ1v) is 12.4. The summed E-state index contributed by atoms with van der Waals surface area (Å²) in [5.74, 6) is 0.620. The Balaban J connectivity index is 1.55. The van der Waals surface area contributed by atoms with Crippen molar-refractivity contribution in [3.8, 4) is 22.8 Å². The van der Waals surface area contributed by atoms with Crippen LogP contribution in [0.1, 0.15) is 18.7 Å². The van der Waals surface area contributed by atoms with E-state index >= 15 is 0 Å². The highest BCUT2D eigenvalue weighted by atomic mass is 32.1. The van der Waals surface area contributed by atoms with Crippen molar-refractivity contribution in [1.29, 1.82) is 0 Å². The standard InChI is InChI=1S/C27H21N7O2S/c1-16(33-24-23-25(31-14-30-24)37-15-32-23)21-11-17-7-6-10-20(18-12-28-27(36-2)29-13-18)22(17)26(35)34(21)19-8-4-3-5-9-19/h3-16H,1-2H3,(H,30,31,33)/t16-/m0/s1. The summed E-state index contributed by atoms with van der Waals surface area (Å²) < 4.78 is 6.84. The molecular weight excluding hydrogens is 486 g/mol. The molecule has 0 spiro atoms. The molecule has 0 aliphatic carbocycles. The second kappa shape index (κ2) is 9.40. The van der Waals surface area contributed by atoms with E-state index in [1.165, 1.54) is 24.8 Å². The van der Waals surface area contributed by atoms with Gasteiger partial charge in [0.1, 0.15) is 16.7 Å². The first-order chi connectivity index (χ1) is 18.1. The van der Waals surface area contributed by atoms with Gasteiger partial charge in [-0.3, -0.25) is 9.36 Å². The molecule has 2 aromatic carbocycles. The number of hydrogen-bond acceptors (Lipinski definition) is 9. The van der Waals surface area contributed by atoms with Crippen molar-refractivity contribution in [1.82, 2.24) is 29.5 Å². The lowest BCUT2D eigenvalue weighted by molar-refractivity contribution is 0.380. The van der Waals surface area contributed by atoms with Gasteiger partial charge in [-0.05, 0) is 36.1 Å². The molecule has 0 aliphatic heterocycles. The van der Waals surface area contributed by atoms with Gasteiger partial charge in [-0.1, -0.05) is 36.4 Å². The van der Waals surface area contributed by atoms with Crippen LogP contribution in [0.15, 0.2) is 83.6 Å². The number of ether oxygens (including phenoxy) is 1. The summed E-state index contributed by atoms with van der Waals surface area (Å²) in [6.07, 6.45) is 4.85. The molecule has 0 bridgehead atoms. The highest BCUT2D eigenvalue weighted by Crippen LogP contribution is 2.31. The third-order valence-corrected chi connectivity index (χ3v) is 6.88. The average molecular weight is 508 g/mol. The summed E-state index contributed by atoms with van der Waals surface area (Å²) >= 11 is 1.45. The number of benzene rings is 2. The summed E-state index contributed by atoms with van der Waals surface area (Å²) in [6.45, 7) is 2.00. The van der Waals surface area contributed by atoms with Gasteiger partial charge in [0.25, 0.3) is 5.56 Å². The van der Waals surface area contributed by atoms with Gasteiger partial charge in [0, 0.05) is 29.3 Å². The largest absolute Gasteiger partial charge is 0.467 e. The number of pyridine rings is 1. The predicted octanol–water partition coefficient (Wildman–Crippen LogP) is 5.03. The minimum atomic E-state index is -0.273. The van der Waals surface area contributed by atoms with Crippen molar-refractivity contribution in [2.45, 2.75) is 13.0 Å². The minimum absolute atomic E-state index is 0.139. The Bertz CT molecular complexity index is 1780. The smallest absolute Gasteiger partial charge is 0.316 e. The minimum Gasteiger partial charge on any atom is -0.467 e. The van der Waals surface area contributed by atoms with E-state index in [9.17, 15) is 4.79 Å². The van der Waals surface area contributed by atoms with Gasteiger partial charge in [0.05, 0.1) is 24.0 Å². The highest BCUT2D eigenvalue weighted by Gasteiger charge is 2.20. The number of anilines is 1. The van der Waals surface area contributed by atoms with Crippen LogP contribution in [0.3, 0.4) is 0 Å². The van der Waals surface area contributed by atoms with Gasteiger partial charge in [0.15, 0.2) is 5.82 Å². The molecule has 9 nitrogen and oxygen atoms in total. The number of para-hydroxylation sites is 1. The van der Waals surface area contributed by atoms with Crippen LogP contribution in [0.5, 0.6) is 6.01 Å². The lowest BCUT2D eigenvalue weighted by atomic mass is 9.99. The van der Waals surface area contributed by atoms with Crippen LogP contribution in [-0.4, -0.2) is 36.6 Å². The molecule has 0 radical (unpaired) electrons. The molecule has 0 unspecified atom stereocenters. The van der Waals surface area contributed by atoms with Crippen molar-refractivity contribution >= 4 is 38.3 Å². The normalized spacial score (nSPS) is 12.1. The van der Waals surface area contributed by atoms with Crippen LogP contribution < -0.4 is 15.6 Å². The molecule has 10 heteroatoms. The third-order valence-electron chi connectivity index (χ3n) is 6.14. The maximum Gasteiger partial charge on any atom is 0.316 e. The van der Waals surface area contributed by atoms with E-state index in [1.807, 2.05) is 61.5 Å². The van der Waals surface area contributed by atoms with Crippen LogP contribution in [0.2, 0.25) is 0 Å². The quantitative estimate of drug-likeness (QED) is 0.335.